The van der Waals surface area contributed by atoms with Gasteiger partial charge in [-0.3, -0.25) is 9.71 Å². The third-order valence-corrected chi connectivity index (χ3v) is 7.28. The van der Waals surface area contributed by atoms with Crippen LogP contribution < -0.4 is 9.46 Å². The van der Waals surface area contributed by atoms with Gasteiger partial charge in [0, 0.05) is 29.9 Å². The number of aromatic carboxylic acids is 1. The molecule has 8 nitrogen and oxygen atoms in total. The van der Waals surface area contributed by atoms with Crippen molar-refractivity contribution in [3.63, 3.8) is 0 Å². The Kier molecular flexibility index (Phi) is 6.92. The third-order valence-electron chi connectivity index (χ3n) is 5.14. The van der Waals surface area contributed by atoms with E-state index in [1.165, 1.54) is 31.6 Å². The van der Waals surface area contributed by atoms with Crippen LogP contribution in [0.2, 0.25) is 0 Å². The molecular formula is C25H17BrFN3O5S. The number of nitrogens with zero attached hydrogens (tertiary/aromatic N) is 2. The number of carboxylic acids is 1. The first-order chi connectivity index (χ1) is 17.1. The minimum absolute atomic E-state index is 0.0297. The Hall–Kier alpha value is -4.01. The second-order valence-electron chi connectivity index (χ2n) is 7.53. The first-order valence-corrected chi connectivity index (χ1v) is 12.5. The van der Waals surface area contributed by atoms with Gasteiger partial charge >= 0.3 is 5.97 Å². The molecule has 0 fully saturated rings. The molecule has 0 aliphatic heterocycles. The zero-order valence-corrected chi connectivity index (χ0v) is 21.2. The first-order valence-electron chi connectivity index (χ1n) is 10.3. The molecule has 4 rings (SSSR count). The predicted octanol–water partition coefficient (Wildman–Crippen LogP) is 4.75. The van der Waals surface area contributed by atoms with Gasteiger partial charge in [-0.1, -0.05) is 30.0 Å². The van der Waals surface area contributed by atoms with E-state index >= 15 is 0 Å². The summed E-state index contributed by atoms with van der Waals surface area (Å²) in [5.41, 5.74) is 0.838. The molecule has 2 N–H and O–H groups in total. The lowest BCUT2D eigenvalue weighted by Crippen LogP contribution is -2.16. The van der Waals surface area contributed by atoms with E-state index in [9.17, 15) is 17.6 Å². The quantitative estimate of drug-likeness (QED) is 0.333. The van der Waals surface area contributed by atoms with Gasteiger partial charge in [0.2, 0.25) is 0 Å². The highest BCUT2D eigenvalue weighted by molar-refractivity contribution is 9.10. The molecule has 0 radical (unpaired) electrons. The summed E-state index contributed by atoms with van der Waals surface area (Å²) in [4.78, 5) is 19.2. The van der Waals surface area contributed by atoms with Crippen molar-refractivity contribution in [2.24, 2.45) is 0 Å². The van der Waals surface area contributed by atoms with E-state index in [0.29, 0.717) is 10.9 Å². The van der Waals surface area contributed by atoms with E-state index in [-0.39, 0.29) is 43.1 Å². The molecule has 36 heavy (non-hydrogen) atoms. The normalized spacial score (nSPS) is 11.0. The molecule has 0 saturated carbocycles. The van der Waals surface area contributed by atoms with E-state index in [1.54, 1.807) is 31.2 Å². The Balaban J connectivity index is 1.81. The van der Waals surface area contributed by atoms with Crippen molar-refractivity contribution >= 4 is 48.5 Å². The minimum atomic E-state index is -4.20. The Morgan fingerprint density at radius 2 is 1.89 bits per heavy atom. The SMILES string of the molecule is COc1cc(C(=O)O)ncc1C#Cc1cc(Br)c(F)cc1NS(=O)(=O)c1c(C)ccc2cccnc12. The van der Waals surface area contributed by atoms with E-state index in [4.69, 9.17) is 9.84 Å². The maximum atomic E-state index is 14.4. The maximum absolute atomic E-state index is 14.4. The summed E-state index contributed by atoms with van der Waals surface area (Å²) >= 11 is 3.10. The van der Waals surface area contributed by atoms with Crippen molar-refractivity contribution in [2.75, 3.05) is 11.8 Å². The summed E-state index contributed by atoms with van der Waals surface area (Å²) in [7, 11) is -2.85. The van der Waals surface area contributed by atoms with Crippen molar-refractivity contribution in [1.82, 2.24) is 9.97 Å². The van der Waals surface area contributed by atoms with Gasteiger partial charge in [-0.25, -0.2) is 22.6 Å². The standard InChI is InChI=1S/C25H17BrFN3O5S/c1-14-5-6-15-4-3-9-28-23(15)24(14)36(33,34)30-20-11-19(27)18(26)10-16(20)7-8-17-13-29-21(25(31)32)12-22(17)35-2/h3-6,9-13,30H,1-2H3,(H,31,32). The zero-order chi connectivity index (χ0) is 26.0. The lowest BCUT2D eigenvalue weighted by Gasteiger charge is -2.14. The monoisotopic (exact) mass is 569 g/mol. The summed E-state index contributed by atoms with van der Waals surface area (Å²) in [5, 5.41) is 9.75. The van der Waals surface area contributed by atoms with Gasteiger partial charge in [0.05, 0.1) is 33.9 Å². The number of pyridine rings is 2. The van der Waals surface area contributed by atoms with Crippen LogP contribution in [0.3, 0.4) is 0 Å². The fraction of sp³-hybridized carbons (Fsp3) is 0.0800. The Morgan fingerprint density at radius 1 is 1.14 bits per heavy atom. The number of carboxylic acid groups (broad SMARTS) is 1. The zero-order valence-electron chi connectivity index (χ0n) is 18.8. The fourth-order valence-electron chi connectivity index (χ4n) is 3.44. The summed E-state index contributed by atoms with van der Waals surface area (Å²) in [5.74, 6) is 3.80. The van der Waals surface area contributed by atoms with Crippen molar-refractivity contribution in [1.29, 1.82) is 0 Å². The molecular weight excluding hydrogens is 553 g/mol. The van der Waals surface area contributed by atoms with Crippen LogP contribution in [0.15, 0.2) is 64.2 Å². The molecule has 2 aromatic carbocycles. The predicted molar refractivity (Wildman–Crippen MR) is 135 cm³/mol. The number of hydrogen-bond donors (Lipinski definition) is 2. The Labute approximate surface area is 214 Å². The largest absolute Gasteiger partial charge is 0.495 e. The summed E-state index contributed by atoms with van der Waals surface area (Å²) < 4.78 is 49.0. The number of aromatic nitrogens is 2. The highest BCUT2D eigenvalue weighted by Crippen LogP contribution is 2.30. The number of benzene rings is 2. The van der Waals surface area contributed by atoms with Gasteiger partial charge in [-0.05, 0) is 40.5 Å². The van der Waals surface area contributed by atoms with Gasteiger partial charge in [0.15, 0.2) is 5.69 Å². The molecule has 0 atom stereocenters. The summed E-state index contributed by atoms with van der Waals surface area (Å²) in [6.45, 7) is 1.64. The molecule has 0 aliphatic rings. The van der Waals surface area contributed by atoms with E-state index in [2.05, 4.69) is 42.5 Å². The van der Waals surface area contributed by atoms with Gasteiger partial charge in [0.25, 0.3) is 10.0 Å². The van der Waals surface area contributed by atoms with Crippen molar-refractivity contribution in [3.8, 4) is 17.6 Å². The number of halogens is 2. The van der Waals surface area contributed by atoms with Gasteiger partial charge in [-0.15, -0.1) is 0 Å². The average molecular weight is 570 g/mol. The molecule has 0 bridgehead atoms. The number of sulfonamides is 1. The lowest BCUT2D eigenvalue weighted by atomic mass is 10.1. The third kappa shape index (κ3) is 5.00. The van der Waals surface area contributed by atoms with Crippen LogP contribution in [-0.2, 0) is 10.0 Å². The molecule has 0 amide bonds. The maximum Gasteiger partial charge on any atom is 0.354 e. The minimum Gasteiger partial charge on any atom is -0.495 e. The van der Waals surface area contributed by atoms with Crippen LogP contribution in [0.25, 0.3) is 10.9 Å². The van der Waals surface area contributed by atoms with Crippen LogP contribution in [0.4, 0.5) is 10.1 Å². The number of rotatable bonds is 5. The van der Waals surface area contributed by atoms with Crippen LogP contribution in [-0.4, -0.2) is 36.6 Å². The van der Waals surface area contributed by atoms with Crippen molar-refractivity contribution in [3.05, 3.63) is 87.5 Å². The highest BCUT2D eigenvalue weighted by Gasteiger charge is 2.23. The molecule has 0 unspecified atom stereocenters. The van der Waals surface area contributed by atoms with Crippen LogP contribution >= 0.6 is 15.9 Å². The smallest absolute Gasteiger partial charge is 0.354 e. The first kappa shape index (κ1) is 25.1. The molecule has 2 heterocycles. The van der Waals surface area contributed by atoms with Gasteiger partial charge < -0.3 is 9.84 Å². The topological polar surface area (TPSA) is 118 Å². The number of methoxy groups -OCH3 is 1. The molecule has 0 aliphatic carbocycles. The number of aryl methyl sites for hydroxylation is 1. The van der Waals surface area contributed by atoms with Gasteiger partial charge in [-0.2, -0.15) is 0 Å². The summed E-state index contributed by atoms with van der Waals surface area (Å²) in [6.07, 6.45) is 2.72. The molecule has 11 heteroatoms. The van der Waals surface area contributed by atoms with Gasteiger partial charge in [0.1, 0.15) is 16.5 Å². The average Bonchev–Trinajstić information content (AvgIpc) is 2.84. The van der Waals surface area contributed by atoms with Crippen molar-refractivity contribution in [2.45, 2.75) is 11.8 Å². The highest BCUT2D eigenvalue weighted by atomic mass is 79.9. The second-order valence-corrected chi connectivity index (χ2v) is 10.0. The molecule has 4 aromatic rings. The number of carbonyl (C=O) groups is 1. The fourth-order valence-corrected chi connectivity index (χ4v) is 5.26. The van der Waals surface area contributed by atoms with E-state index < -0.39 is 21.8 Å². The molecule has 182 valence electrons. The molecule has 0 saturated heterocycles. The van der Waals surface area contributed by atoms with Crippen molar-refractivity contribution < 1.29 is 27.4 Å². The Morgan fingerprint density at radius 3 is 2.61 bits per heavy atom. The molecule has 2 aromatic heterocycles. The van der Waals surface area contributed by atoms with Crippen LogP contribution in [0, 0.1) is 24.6 Å². The van der Waals surface area contributed by atoms with E-state index in [0.717, 1.165) is 6.07 Å². The number of ether oxygens (including phenoxy) is 1. The van der Waals surface area contributed by atoms with Crippen LogP contribution in [0.1, 0.15) is 27.2 Å². The number of anilines is 1. The van der Waals surface area contributed by atoms with E-state index in [1.807, 2.05) is 0 Å². The Bertz CT molecular complexity index is 1700. The lowest BCUT2D eigenvalue weighted by molar-refractivity contribution is 0.0690. The number of hydrogen-bond acceptors (Lipinski definition) is 6. The number of nitrogens with one attached hydrogen (secondary N) is 1. The number of fused-ring (bicyclic) bond motifs is 1. The summed E-state index contributed by atoms with van der Waals surface area (Å²) in [6, 6.07) is 10.4. The second kappa shape index (κ2) is 9.93. The van der Waals surface area contributed by atoms with Crippen LogP contribution in [0.5, 0.6) is 5.75 Å². The molecule has 0 spiro atoms.